The highest BCUT2D eigenvalue weighted by Crippen LogP contribution is 2.10. The maximum absolute atomic E-state index is 11.9. The maximum atomic E-state index is 11.9. The lowest BCUT2D eigenvalue weighted by atomic mass is 10.1. The molecule has 0 saturated heterocycles. The number of amides is 1. The summed E-state index contributed by atoms with van der Waals surface area (Å²) in [5, 5.41) is 3.37. The topological polar surface area (TPSA) is 63.7 Å². The molecule has 0 aromatic carbocycles. The molecule has 1 N–H and O–H groups in total. The van der Waals surface area contributed by atoms with Crippen LogP contribution in [0.3, 0.4) is 0 Å². The van der Waals surface area contributed by atoms with Crippen LogP contribution in [0.2, 0.25) is 0 Å². The largest absolute Gasteiger partial charge is 0.481 e. The fraction of sp³-hybridized carbons (Fsp3) is 0.647. The molecule has 0 spiro atoms. The Morgan fingerprint density at radius 1 is 1.39 bits per heavy atom. The van der Waals surface area contributed by atoms with Crippen molar-refractivity contribution >= 4 is 6.09 Å². The first-order chi connectivity index (χ1) is 10.7. The Labute approximate surface area is 139 Å². The van der Waals surface area contributed by atoms with Crippen molar-refractivity contribution in [3.8, 4) is 5.88 Å². The van der Waals surface area contributed by atoms with E-state index in [-0.39, 0.29) is 6.09 Å². The molecular formula is C17H29N3O3. The molecule has 1 atom stereocenters. The van der Waals surface area contributed by atoms with Gasteiger partial charge in [-0.1, -0.05) is 13.0 Å². The van der Waals surface area contributed by atoms with Crippen molar-refractivity contribution in [3.63, 3.8) is 0 Å². The number of carbonyl (C=O) groups excluding carboxylic acids is 1. The van der Waals surface area contributed by atoms with Crippen molar-refractivity contribution < 1.29 is 14.3 Å². The molecule has 1 unspecified atom stereocenters. The Morgan fingerprint density at radius 3 is 2.61 bits per heavy atom. The number of pyridine rings is 1. The van der Waals surface area contributed by atoms with E-state index in [2.05, 4.69) is 17.2 Å². The zero-order valence-electron chi connectivity index (χ0n) is 15.0. The molecule has 130 valence electrons. The van der Waals surface area contributed by atoms with Gasteiger partial charge in [0.15, 0.2) is 0 Å². The quantitative estimate of drug-likeness (QED) is 0.836. The number of carbonyl (C=O) groups is 1. The summed E-state index contributed by atoms with van der Waals surface area (Å²) in [5.74, 6) is 0.930. The SMILES string of the molecule is COc1ccc(CNCC(C)CN(C)C(=O)OC(C)(C)C)cn1. The molecule has 6 heteroatoms. The highest BCUT2D eigenvalue weighted by Gasteiger charge is 2.20. The second-order valence-electron chi connectivity index (χ2n) is 6.81. The predicted octanol–water partition coefficient (Wildman–Crippen LogP) is 2.68. The van der Waals surface area contributed by atoms with Crippen LogP contribution in [0.4, 0.5) is 4.79 Å². The Bertz CT molecular complexity index is 483. The Kier molecular flexibility index (Phi) is 7.29. The summed E-state index contributed by atoms with van der Waals surface area (Å²) >= 11 is 0. The van der Waals surface area contributed by atoms with Crippen molar-refractivity contribution in [1.29, 1.82) is 0 Å². The highest BCUT2D eigenvalue weighted by molar-refractivity contribution is 5.67. The van der Waals surface area contributed by atoms with E-state index in [1.165, 1.54) is 0 Å². The van der Waals surface area contributed by atoms with E-state index in [0.717, 1.165) is 18.7 Å². The summed E-state index contributed by atoms with van der Waals surface area (Å²) in [5.41, 5.74) is 0.632. The number of nitrogens with zero attached hydrogens (tertiary/aromatic N) is 2. The average Bonchev–Trinajstić information content (AvgIpc) is 2.46. The minimum atomic E-state index is -0.464. The Hall–Kier alpha value is -1.82. The first kappa shape index (κ1) is 19.2. The molecule has 1 aromatic heterocycles. The lowest BCUT2D eigenvalue weighted by Crippen LogP contribution is -2.38. The molecule has 0 bridgehead atoms. The third-order valence-electron chi connectivity index (χ3n) is 3.12. The molecule has 1 heterocycles. The van der Waals surface area contributed by atoms with Crippen LogP contribution in [0, 0.1) is 5.92 Å². The molecule has 23 heavy (non-hydrogen) atoms. The summed E-state index contributed by atoms with van der Waals surface area (Å²) < 4.78 is 10.4. The molecule has 0 saturated carbocycles. The van der Waals surface area contributed by atoms with Gasteiger partial charge in [0.25, 0.3) is 0 Å². The summed E-state index contributed by atoms with van der Waals surface area (Å²) in [4.78, 5) is 17.7. The van der Waals surface area contributed by atoms with Crippen LogP contribution < -0.4 is 10.1 Å². The standard InChI is InChI=1S/C17H29N3O3/c1-13(12-20(5)16(21)23-17(2,3)4)9-18-10-14-7-8-15(22-6)19-11-14/h7-8,11,13,18H,9-10,12H2,1-6H3. The number of methoxy groups -OCH3 is 1. The fourth-order valence-corrected chi connectivity index (χ4v) is 2.05. The second-order valence-corrected chi connectivity index (χ2v) is 6.81. The van der Waals surface area contributed by atoms with Crippen molar-refractivity contribution in [1.82, 2.24) is 15.2 Å². The molecule has 1 rings (SSSR count). The van der Waals surface area contributed by atoms with Crippen LogP contribution in [0.15, 0.2) is 18.3 Å². The van der Waals surface area contributed by atoms with Gasteiger partial charge in [0.1, 0.15) is 5.60 Å². The third-order valence-corrected chi connectivity index (χ3v) is 3.12. The van der Waals surface area contributed by atoms with Gasteiger partial charge in [0, 0.05) is 32.4 Å². The first-order valence-corrected chi connectivity index (χ1v) is 7.85. The number of rotatable bonds is 7. The smallest absolute Gasteiger partial charge is 0.410 e. The molecule has 0 radical (unpaired) electrons. The molecule has 0 aliphatic heterocycles. The van der Waals surface area contributed by atoms with E-state index in [1.54, 1.807) is 25.3 Å². The third kappa shape index (κ3) is 7.83. The van der Waals surface area contributed by atoms with Crippen LogP contribution in [-0.4, -0.2) is 48.8 Å². The highest BCUT2D eigenvalue weighted by atomic mass is 16.6. The molecular weight excluding hydrogens is 294 g/mol. The molecule has 1 aromatic rings. The summed E-state index contributed by atoms with van der Waals surface area (Å²) in [6, 6.07) is 3.83. The van der Waals surface area contributed by atoms with Crippen LogP contribution in [0.1, 0.15) is 33.3 Å². The van der Waals surface area contributed by atoms with Gasteiger partial charge in [-0.05, 0) is 38.8 Å². The van der Waals surface area contributed by atoms with E-state index >= 15 is 0 Å². The van der Waals surface area contributed by atoms with Crippen LogP contribution in [0.5, 0.6) is 5.88 Å². The van der Waals surface area contributed by atoms with E-state index in [4.69, 9.17) is 9.47 Å². The number of ether oxygens (including phenoxy) is 2. The van der Waals surface area contributed by atoms with Crippen molar-refractivity contribution in [2.45, 2.75) is 39.8 Å². The van der Waals surface area contributed by atoms with Gasteiger partial charge in [-0.15, -0.1) is 0 Å². The van der Waals surface area contributed by atoms with Crippen molar-refractivity contribution in [2.75, 3.05) is 27.2 Å². The molecule has 0 aliphatic carbocycles. The maximum Gasteiger partial charge on any atom is 0.410 e. The van der Waals surface area contributed by atoms with Gasteiger partial charge >= 0.3 is 6.09 Å². The molecule has 6 nitrogen and oxygen atoms in total. The fourth-order valence-electron chi connectivity index (χ4n) is 2.05. The van der Waals surface area contributed by atoms with E-state index < -0.39 is 5.60 Å². The second kappa shape index (κ2) is 8.72. The molecule has 1 amide bonds. The van der Waals surface area contributed by atoms with E-state index in [9.17, 15) is 4.79 Å². The minimum Gasteiger partial charge on any atom is -0.481 e. The van der Waals surface area contributed by atoms with Gasteiger partial charge in [0.05, 0.1) is 7.11 Å². The summed E-state index contributed by atoms with van der Waals surface area (Å²) in [6.07, 6.45) is 1.51. The lowest BCUT2D eigenvalue weighted by molar-refractivity contribution is 0.0277. The monoisotopic (exact) mass is 323 g/mol. The van der Waals surface area contributed by atoms with E-state index in [0.29, 0.717) is 18.3 Å². The first-order valence-electron chi connectivity index (χ1n) is 7.85. The van der Waals surface area contributed by atoms with Gasteiger partial charge in [-0.2, -0.15) is 0 Å². The summed E-state index contributed by atoms with van der Waals surface area (Å²) in [7, 11) is 3.36. The zero-order valence-corrected chi connectivity index (χ0v) is 15.0. The van der Waals surface area contributed by atoms with Crippen molar-refractivity contribution in [2.24, 2.45) is 5.92 Å². The van der Waals surface area contributed by atoms with Gasteiger partial charge in [-0.3, -0.25) is 0 Å². The summed E-state index contributed by atoms with van der Waals surface area (Å²) in [6.45, 7) is 9.88. The zero-order chi connectivity index (χ0) is 17.5. The number of nitrogens with one attached hydrogen (secondary N) is 1. The molecule has 0 aliphatic rings. The normalized spacial score (nSPS) is 12.6. The van der Waals surface area contributed by atoms with Crippen LogP contribution >= 0.6 is 0 Å². The number of hydrogen-bond donors (Lipinski definition) is 1. The predicted molar refractivity (Wildman–Crippen MR) is 90.5 cm³/mol. The van der Waals surface area contributed by atoms with Crippen molar-refractivity contribution in [3.05, 3.63) is 23.9 Å². The number of hydrogen-bond acceptors (Lipinski definition) is 5. The lowest BCUT2D eigenvalue weighted by Gasteiger charge is -2.26. The average molecular weight is 323 g/mol. The van der Waals surface area contributed by atoms with Crippen LogP contribution in [0.25, 0.3) is 0 Å². The Morgan fingerprint density at radius 2 is 2.09 bits per heavy atom. The minimum absolute atomic E-state index is 0.288. The molecule has 0 fully saturated rings. The Balaban J connectivity index is 2.30. The van der Waals surface area contributed by atoms with Gasteiger partial charge in [0.2, 0.25) is 5.88 Å². The van der Waals surface area contributed by atoms with E-state index in [1.807, 2.05) is 32.9 Å². The number of aromatic nitrogens is 1. The van der Waals surface area contributed by atoms with Gasteiger partial charge < -0.3 is 19.7 Å². The van der Waals surface area contributed by atoms with Gasteiger partial charge in [-0.25, -0.2) is 9.78 Å². The van der Waals surface area contributed by atoms with Crippen LogP contribution in [-0.2, 0) is 11.3 Å².